The standard InChI is InChI=1S/C13H25N3O4/c1-11(17)15-10-4-8-14-7-2-3-9-16-12(18)5-6-13(19)20/h14H,2-10H2,1H3,(H,15,17)(H,16,18)(H,19,20). The number of carbonyl (C=O) groups excluding carboxylic acids is 2. The number of carboxylic acid groups (broad SMARTS) is 1. The topological polar surface area (TPSA) is 108 Å². The molecule has 0 atom stereocenters. The molecule has 116 valence electrons. The van der Waals surface area contributed by atoms with Gasteiger partial charge in [-0.25, -0.2) is 0 Å². The molecule has 0 spiro atoms. The highest BCUT2D eigenvalue weighted by molar-refractivity contribution is 5.80. The Morgan fingerprint density at radius 2 is 1.45 bits per heavy atom. The second-order valence-corrected chi connectivity index (χ2v) is 4.54. The molecule has 0 fully saturated rings. The van der Waals surface area contributed by atoms with Gasteiger partial charge in [-0.2, -0.15) is 0 Å². The fraction of sp³-hybridized carbons (Fsp3) is 0.769. The van der Waals surface area contributed by atoms with Crippen LogP contribution in [0.4, 0.5) is 0 Å². The van der Waals surface area contributed by atoms with Gasteiger partial charge in [0.2, 0.25) is 11.8 Å². The normalized spacial score (nSPS) is 10.1. The molecule has 0 radical (unpaired) electrons. The molecule has 2 amide bonds. The number of hydrogen-bond donors (Lipinski definition) is 4. The lowest BCUT2D eigenvalue weighted by Crippen LogP contribution is -2.27. The number of amides is 2. The van der Waals surface area contributed by atoms with Gasteiger partial charge in [0.1, 0.15) is 0 Å². The summed E-state index contributed by atoms with van der Waals surface area (Å²) in [5.41, 5.74) is 0. The van der Waals surface area contributed by atoms with Crippen LogP contribution < -0.4 is 16.0 Å². The van der Waals surface area contributed by atoms with Gasteiger partial charge >= 0.3 is 5.97 Å². The van der Waals surface area contributed by atoms with E-state index in [0.29, 0.717) is 13.1 Å². The average molecular weight is 287 g/mol. The Morgan fingerprint density at radius 3 is 2.10 bits per heavy atom. The number of rotatable bonds is 12. The molecule has 7 heteroatoms. The Bertz CT molecular complexity index is 308. The number of carboxylic acids is 1. The van der Waals surface area contributed by atoms with Gasteiger partial charge in [0.05, 0.1) is 6.42 Å². The summed E-state index contributed by atoms with van der Waals surface area (Å²) in [6, 6.07) is 0. The van der Waals surface area contributed by atoms with Crippen molar-refractivity contribution in [3.05, 3.63) is 0 Å². The third-order valence-corrected chi connectivity index (χ3v) is 2.57. The van der Waals surface area contributed by atoms with Crippen LogP contribution in [0, 0.1) is 0 Å². The lowest BCUT2D eigenvalue weighted by molar-refractivity contribution is -0.138. The first-order valence-corrected chi connectivity index (χ1v) is 6.96. The van der Waals surface area contributed by atoms with Gasteiger partial charge in [-0.3, -0.25) is 14.4 Å². The van der Waals surface area contributed by atoms with E-state index in [9.17, 15) is 14.4 Å². The molecule has 0 rings (SSSR count). The van der Waals surface area contributed by atoms with Crippen molar-refractivity contribution in [2.24, 2.45) is 0 Å². The fourth-order valence-corrected chi connectivity index (χ4v) is 1.51. The van der Waals surface area contributed by atoms with Crippen molar-refractivity contribution in [1.29, 1.82) is 0 Å². The van der Waals surface area contributed by atoms with Crippen molar-refractivity contribution < 1.29 is 19.5 Å². The smallest absolute Gasteiger partial charge is 0.303 e. The summed E-state index contributed by atoms with van der Waals surface area (Å²) in [5.74, 6) is -1.18. The number of nitrogens with one attached hydrogen (secondary N) is 3. The molecule has 0 aromatic heterocycles. The number of hydrogen-bond acceptors (Lipinski definition) is 4. The van der Waals surface area contributed by atoms with Gasteiger partial charge in [-0.1, -0.05) is 0 Å². The number of unbranched alkanes of at least 4 members (excludes halogenated alkanes) is 1. The molecule has 0 aliphatic heterocycles. The first-order valence-electron chi connectivity index (χ1n) is 6.96. The van der Waals surface area contributed by atoms with Crippen molar-refractivity contribution in [2.75, 3.05) is 26.2 Å². The van der Waals surface area contributed by atoms with E-state index in [4.69, 9.17) is 5.11 Å². The summed E-state index contributed by atoms with van der Waals surface area (Å²) in [4.78, 5) is 32.0. The summed E-state index contributed by atoms with van der Waals surface area (Å²) in [5, 5.41) is 17.1. The summed E-state index contributed by atoms with van der Waals surface area (Å²) in [7, 11) is 0. The lowest BCUT2D eigenvalue weighted by Gasteiger charge is -2.06. The van der Waals surface area contributed by atoms with Crippen LogP contribution in [-0.2, 0) is 14.4 Å². The van der Waals surface area contributed by atoms with E-state index in [2.05, 4.69) is 16.0 Å². The first kappa shape index (κ1) is 18.4. The van der Waals surface area contributed by atoms with Crippen molar-refractivity contribution in [1.82, 2.24) is 16.0 Å². The van der Waals surface area contributed by atoms with Gasteiger partial charge in [0.25, 0.3) is 0 Å². The van der Waals surface area contributed by atoms with Gasteiger partial charge in [0.15, 0.2) is 0 Å². The van der Waals surface area contributed by atoms with E-state index in [-0.39, 0.29) is 24.7 Å². The minimum atomic E-state index is -0.955. The van der Waals surface area contributed by atoms with E-state index < -0.39 is 5.97 Å². The summed E-state index contributed by atoms with van der Waals surface area (Å²) >= 11 is 0. The molecule has 0 aromatic carbocycles. The monoisotopic (exact) mass is 287 g/mol. The van der Waals surface area contributed by atoms with Crippen LogP contribution >= 0.6 is 0 Å². The minimum Gasteiger partial charge on any atom is -0.481 e. The predicted octanol–water partition coefficient (Wildman–Crippen LogP) is -0.137. The van der Waals surface area contributed by atoms with Crippen LogP contribution in [0.15, 0.2) is 0 Å². The molecular formula is C13H25N3O4. The summed E-state index contributed by atoms with van der Waals surface area (Å²) in [6.45, 7) is 4.47. The van der Waals surface area contributed by atoms with Crippen molar-refractivity contribution >= 4 is 17.8 Å². The van der Waals surface area contributed by atoms with E-state index in [1.807, 2.05) is 0 Å². The van der Waals surface area contributed by atoms with E-state index in [1.54, 1.807) is 0 Å². The highest BCUT2D eigenvalue weighted by atomic mass is 16.4. The number of aliphatic carboxylic acids is 1. The molecule has 0 saturated heterocycles. The number of carbonyl (C=O) groups is 3. The van der Waals surface area contributed by atoms with Gasteiger partial charge in [-0.05, 0) is 32.4 Å². The molecule has 0 aliphatic rings. The zero-order valence-electron chi connectivity index (χ0n) is 12.0. The zero-order valence-corrected chi connectivity index (χ0v) is 12.0. The molecule has 0 saturated carbocycles. The van der Waals surface area contributed by atoms with Crippen molar-refractivity contribution in [3.63, 3.8) is 0 Å². The molecule has 7 nitrogen and oxygen atoms in total. The van der Waals surface area contributed by atoms with Crippen LogP contribution in [0.2, 0.25) is 0 Å². The maximum Gasteiger partial charge on any atom is 0.303 e. The minimum absolute atomic E-state index is 0.0105. The maximum absolute atomic E-state index is 11.2. The molecular weight excluding hydrogens is 262 g/mol. The second-order valence-electron chi connectivity index (χ2n) is 4.54. The van der Waals surface area contributed by atoms with Gasteiger partial charge in [0, 0.05) is 26.4 Å². The summed E-state index contributed by atoms with van der Waals surface area (Å²) < 4.78 is 0. The van der Waals surface area contributed by atoms with Crippen molar-refractivity contribution in [3.8, 4) is 0 Å². The summed E-state index contributed by atoms with van der Waals surface area (Å²) in [6.07, 6.45) is 2.61. The molecule has 0 aromatic rings. The SMILES string of the molecule is CC(=O)NCCCNCCCCNC(=O)CCC(=O)O. The van der Waals surface area contributed by atoms with Crippen LogP contribution in [0.1, 0.15) is 39.0 Å². The quantitative estimate of drug-likeness (QED) is 0.374. The Labute approximate surface area is 119 Å². The molecule has 0 bridgehead atoms. The zero-order chi connectivity index (χ0) is 15.2. The highest BCUT2D eigenvalue weighted by Crippen LogP contribution is 1.90. The van der Waals surface area contributed by atoms with Gasteiger partial charge in [-0.15, -0.1) is 0 Å². The first-order chi connectivity index (χ1) is 9.52. The van der Waals surface area contributed by atoms with E-state index in [0.717, 1.165) is 32.4 Å². The largest absolute Gasteiger partial charge is 0.481 e. The molecule has 0 heterocycles. The van der Waals surface area contributed by atoms with Crippen LogP contribution in [-0.4, -0.2) is 49.1 Å². The average Bonchev–Trinajstić information content (AvgIpc) is 2.38. The van der Waals surface area contributed by atoms with Crippen LogP contribution in [0.5, 0.6) is 0 Å². The van der Waals surface area contributed by atoms with E-state index in [1.165, 1.54) is 6.92 Å². The highest BCUT2D eigenvalue weighted by Gasteiger charge is 2.03. The third kappa shape index (κ3) is 14.4. The second kappa shape index (κ2) is 12.4. The molecule has 0 unspecified atom stereocenters. The predicted molar refractivity (Wildman–Crippen MR) is 75.3 cm³/mol. The molecule has 20 heavy (non-hydrogen) atoms. The van der Waals surface area contributed by atoms with Gasteiger partial charge < -0.3 is 21.1 Å². The van der Waals surface area contributed by atoms with Crippen molar-refractivity contribution in [2.45, 2.75) is 39.0 Å². The Kier molecular flexibility index (Phi) is 11.4. The fourth-order valence-electron chi connectivity index (χ4n) is 1.51. The lowest BCUT2D eigenvalue weighted by atomic mass is 10.2. The maximum atomic E-state index is 11.2. The van der Waals surface area contributed by atoms with Crippen LogP contribution in [0.25, 0.3) is 0 Å². The third-order valence-electron chi connectivity index (χ3n) is 2.57. The Morgan fingerprint density at radius 1 is 0.850 bits per heavy atom. The molecule has 4 N–H and O–H groups in total. The van der Waals surface area contributed by atoms with Crippen LogP contribution in [0.3, 0.4) is 0 Å². The Hall–Kier alpha value is -1.63. The van der Waals surface area contributed by atoms with E-state index >= 15 is 0 Å². The Balaban J connectivity index is 3.18. The molecule has 0 aliphatic carbocycles.